The van der Waals surface area contributed by atoms with E-state index < -0.39 is 86.8 Å². The lowest BCUT2D eigenvalue weighted by molar-refractivity contribution is -0.359. The van der Waals surface area contributed by atoms with Crippen LogP contribution < -0.4 is 5.32 Å². The molecule has 0 saturated carbocycles. The summed E-state index contributed by atoms with van der Waals surface area (Å²) in [4.78, 5) is 13.1. The molecule has 0 aliphatic carbocycles. The molecule has 336 valence electrons. The van der Waals surface area contributed by atoms with Crippen molar-refractivity contribution in [2.24, 2.45) is 0 Å². The van der Waals surface area contributed by atoms with E-state index in [2.05, 4.69) is 31.3 Å². The molecular weight excluding hydrogens is 738 g/mol. The number of carbonyl (C=O) groups is 1. The van der Waals surface area contributed by atoms with Crippen LogP contribution >= 0.6 is 0 Å². The molecule has 2 aliphatic heterocycles. The first-order chi connectivity index (χ1) is 27.6. The molecule has 2 rings (SSSR count). The van der Waals surface area contributed by atoms with Crippen molar-refractivity contribution in [1.29, 1.82) is 0 Å². The van der Waals surface area contributed by atoms with Crippen LogP contribution in [0.4, 0.5) is 0 Å². The molecule has 2 aliphatic rings. The SMILES string of the molecule is CCCCCCC/C=C\CCCCCCCC(=O)NC(COC1OC(CO)C(OC2OC(CO)C(O)C(O)C2O)C(O)C1O)C(O)CCCCCCCCCCC. The van der Waals surface area contributed by atoms with E-state index in [4.69, 9.17) is 18.9 Å². The molecule has 0 aromatic rings. The van der Waals surface area contributed by atoms with Gasteiger partial charge in [0.2, 0.25) is 5.91 Å². The molecule has 12 unspecified atom stereocenters. The van der Waals surface area contributed by atoms with Gasteiger partial charge in [-0.1, -0.05) is 129 Å². The first-order valence-corrected chi connectivity index (χ1v) is 22.4. The molecule has 2 fully saturated rings. The van der Waals surface area contributed by atoms with Gasteiger partial charge in [-0.2, -0.15) is 0 Å². The van der Waals surface area contributed by atoms with Crippen LogP contribution in [0, 0.1) is 0 Å². The van der Waals surface area contributed by atoms with Crippen molar-refractivity contribution in [3.63, 3.8) is 0 Å². The van der Waals surface area contributed by atoms with Crippen LogP contribution in [0.2, 0.25) is 0 Å². The average Bonchev–Trinajstić information content (AvgIpc) is 3.21. The molecular formula is C43H81NO13. The fourth-order valence-electron chi connectivity index (χ4n) is 7.46. The van der Waals surface area contributed by atoms with Gasteiger partial charge in [0, 0.05) is 6.42 Å². The summed E-state index contributed by atoms with van der Waals surface area (Å²) >= 11 is 0. The Kier molecular flexibility index (Phi) is 28.7. The van der Waals surface area contributed by atoms with Gasteiger partial charge in [0.25, 0.3) is 0 Å². The summed E-state index contributed by atoms with van der Waals surface area (Å²) < 4.78 is 22.6. The van der Waals surface area contributed by atoms with Crippen LogP contribution in [0.1, 0.15) is 162 Å². The highest BCUT2D eigenvalue weighted by atomic mass is 16.7. The molecule has 2 heterocycles. The maximum Gasteiger partial charge on any atom is 0.220 e. The third-order valence-electron chi connectivity index (χ3n) is 11.2. The molecule has 57 heavy (non-hydrogen) atoms. The summed E-state index contributed by atoms with van der Waals surface area (Å²) in [6.07, 6.45) is 12.3. The quantitative estimate of drug-likeness (QED) is 0.0337. The fraction of sp³-hybridized carbons (Fsp3) is 0.930. The molecule has 0 aromatic heterocycles. The first-order valence-electron chi connectivity index (χ1n) is 22.4. The second kappa shape index (κ2) is 31.6. The van der Waals surface area contributed by atoms with Crippen molar-refractivity contribution in [1.82, 2.24) is 5.32 Å². The molecule has 0 spiro atoms. The summed E-state index contributed by atoms with van der Waals surface area (Å²) in [6, 6.07) is -0.825. The molecule has 2 saturated heterocycles. The lowest BCUT2D eigenvalue weighted by Gasteiger charge is -2.46. The third kappa shape index (κ3) is 20.2. The zero-order chi connectivity index (χ0) is 41.8. The number of ether oxygens (including phenoxy) is 4. The zero-order valence-electron chi connectivity index (χ0n) is 35.1. The van der Waals surface area contributed by atoms with Crippen LogP contribution in [-0.4, -0.2) is 140 Å². The van der Waals surface area contributed by atoms with Gasteiger partial charge in [-0.15, -0.1) is 0 Å². The molecule has 14 nitrogen and oxygen atoms in total. The highest BCUT2D eigenvalue weighted by molar-refractivity contribution is 5.76. The Morgan fingerprint density at radius 2 is 1.11 bits per heavy atom. The summed E-state index contributed by atoms with van der Waals surface area (Å²) in [5.74, 6) is -0.219. The fourth-order valence-corrected chi connectivity index (χ4v) is 7.46. The maximum atomic E-state index is 13.1. The van der Waals surface area contributed by atoms with Crippen molar-refractivity contribution < 1.29 is 64.6 Å². The Labute approximate surface area is 342 Å². The van der Waals surface area contributed by atoms with Crippen LogP contribution in [-0.2, 0) is 23.7 Å². The number of nitrogens with one attached hydrogen (secondary N) is 1. The Balaban J connectivity index is 1.88. The van der Waals surface area contributed by atoms with Gasteiger partial charge >= 0.3 is 0 Å². The van der Waals surface area contributed by atoms with E-state index in [0.717, 1.165) is 64.2 Å². The minimum atomic E-state index is -1.78. The maximum absolute atomic E-state index is 13.1. The summed E-state index contributed by atoms with van der Waals surface area (Å²) in [5.41, 5.74) is 0. The second-order valence-electron chi connectivity index (χ2n) is 16.2. The normalized spacial score (nSPS) is 29.2. The Hall–Kier alpha value is -1.27. The summed E-state index contributed by atoms with van der Waals surface area (Å²) in [6.45, 7) is 2.78. The van der Waals surface area contributed by atoms with Crippen molar-refractivity contribution in [3.05, 3.63) is 12.2 Å². The van der Waals surface area contributed by atoms with Crippen molar-refractivity contribution in [2.45, 2.75) is 235 Å². The van der Waals surface area contributed by atoms with Gasteiger partial charge in [-0.25, -0.2) is 0 Å². The first kappa shape index (κ1) is 51.9. The summed E-state index contributed by atoms with van der Waals surface area (Å²) in [5, 5.41) is 86.4. The molecule has 0 radical (unpaired) electrons. The van der Waals surface area contributed by atoms with Crippen molar-refractivity contribution in [2.75, 3.05) is 19.8 Å². The number of aliphatic hydroxyl groups is 8. The van der Waals surface area contributed by atoms with Gasteiger partial charge in [0.05, 0.1) is 32.0 Å². The minimum Gasteiger partial charge on any atom is -0.394 e. The number of aliphatic hydroxyl groups excluding tert-OH is 8. The second-order valence-corrected chi connectivity index (χ2v) is 16.2. The number of hydrogen-bond donors (Lipinski definition) is 9. The smallest absolute Gasteiger partial charge is 0.220 e. The number of unbranched alkanes of at least 4 members (excludes halogenated alkanes) is 18. The number of amides is 1. The molecule has 9 N–H and O–H groups in total. The van der Waals surface area contributed by atoms with E-state index in [1.165, 1.54) is 64.2 Å². The van der Waals surface area contributed by atoms with E-state index in [-0.39, 0.29) is 12.5 Å². The predicted octanol–water partition coefficient (Wildman–Crippen LogP) is 4.04. The van der Waals surface area contributed by atoms with Crippen LogP contribution in [0.25, 0.3) is 0 Å². The van der Waals surface area contributed by atoms with E-state index in [1.807, 2.05) is 0 Å². The van der Waals surface area contributed by atoms with Gasteiger partial charge < -0.3 is 65.1 Å². The minimum absolute atomic E-state index is 0.219. The van der Waals surface area contributed by atoms with Gasteiger partial charge in [0.1, 0.15) is 48.8 Å². The highest BCUT2D eigenvalue weighted by Crippen LogP contribution is 2.30. The number of rotatable bonds is 33. The topological polar surface area (TPSA) is 228 Å². The predicted molar refractivity (Wildman–Crippen MR) is 217 cm³/mol. The number of allylic oxidation sites excluding steroid dienone is 2. The molecule has 0 bridgehead atoms. The highest BCUT2D eigenvalue weighted by Gasteiger charge is 2.51. The lowest BCUT2D eigenvalue weighted by Crippen LogP contribution is -2.65. The third-order valence-corrected chi connectivity index (χ3v) is 11.2. The van der Waals surface area contributed by atoms with E-state index >= 15 is 0 Å². The van der Waals surface area contributed by atoms with Crippen LogP contribution in [0.3, 0.4) is 0 Å². The molecule has 14 heteroatoms. The summed E-state index contributed by atoms with van der Waals surface area (Å²) in [7, 11) is 0. The Morgan fingerprint density at radius 3 is 1.67 bits per heavy atom. The molecule has 0 aromatic carbocycles. The largest absolute Gasteiger partial charge is 0.394 e. The standard InChI is InChI=1S/C43H81NO13/c1-3-5-7-9-11-13-14-15-16-17-19-21-23-25-27-35(48)44-31(32(47)26-24-22-20-18-12-10-8-6-4-2)30-54-42-40(53)38(51)41(34(29-46)56-42)57-43-39(52)37(50)36(49)33(28-45)55-43/h14-15,31-34,36-43,45-47,49-53H,3-13,16-30H2,1-2H3,(H,44,48)/b15-14-. The zero-order valence-corrected chi connectivity index (χ0v) is 35.1. The van der Waals surface area contributed by atoms with Gasteiger partial charge in [-0.3, -0.25) is 4.79 Å². The number of carbonyl (C=O) groups excluding carboxylic acids is 1. The molecule has 12 atom stereocenters. The van der Waals surface area contributed by atoms with Gasteiger partial charge in [-0.05, 0) is 38.5 Å². The van der Waals surface area contributed by atoms with Crippen LogP contribution in [0.5, 0.6) is 0 Å². The van der Waals surface area contributed by atoms with Gasteiger partial charge in [0.15, 0.2) is 12.6 Å². The number of hydrogen-bond acceptors (Lipinski definition) is 13. The van der Waals surface area contributed by atoms with Crippen molar-refractivity contribution >= 4 is 5.91 Å². The lowest BCUT2D eigenvalue weighted by atomic mass is 9.97. The monoisotopic (exact) mass is 820 g/mol. The van der Waals surface area contributed by atoms with Crippen LogP contribution in [0.15, 0.2) is 12.2 Å². The Morgan fingerprint density at radius 1 is 0.614 bits per heavy atom. The van der Waals surface area contributed by atoms with E-state index in [1.54, 1.807) is 0 Å². The molecule has 1 amide bonds. The average molecular weight is 820 g/mol. The van der Waals surface area contributed by atoms with Crippen molar-refractivity contribution in [3.8, 4) is 0 Å². The van der Waals surface area contributed by atoms with E-state index in [0.29, 0.717) is 19.3 Å². The van der Waals surface area contributed by atoms with E-state index in [9.17, 15) is 45.6 Å². The Bertz CT molecular complexity index is 1020.